The van der Waals surface area contributed by atoms with Crippen LogP contribution < -0.4 is 0 Å². The van der Waals surface area contributed by atoms with Gasteiger partial charge in [-0.05, 0) is 90.3 Å². The van der Waals surface area contributed by atoms with Crippen molar-refractivity contribution in [2.24, 2.45) is 0 Å². The molecule has 0 saturated carbocycles. The van der Waals surface area contributed by atoms with Crippen LogP contribution in [0.15, 0.2) is 176 Å². The number of rotatable bonds is 5. The first-order chi connectivity index (χ1) is 24.8. The van der Waals surface area contributed by atoms with Gasteiger partial charge in [0.1, 0.15) is 0 Å². The molecule has 0 fully saturated rings. The lowest BCUT2D eigenvalue weighted by Crippen LogP contribution is -1.97. The van der Waals surface area contributed by atoms with Crippen molar-refractivity contribution in [2.45, 2.75) is 0 Å². The Kier molecular flexibility index (Phi) is 6.49. The molecular formula is C47H29N3. The molecule has 2 heterocycles. The lowest BCUT2D eigenvalue weighted by atomic mass is 9.82. The molecule has 0 saturated heterocycles. The van der Waals surface area contributed by atoms with Gasteiger partial charge in [-0.25, -0.2) is 9.97 Å². The number of benzene rings is 7. The zero-order valence-corrected chi connectivity index (χ0v) is 27.1. The highest BCUT2D eigenvalue weighted by molar-refractivity contribution is 6.28. The molecule has 0 N–H and O–H groups in total. The van der Waals surface area contributed by atoms with E-state index in [1.807, 2.05) is 48.7 Å². The average molecular weight is 636 g/mol. The average Bonchev–Trinajstić information content (AvgIpc) is 3.53. The standard InChI is InChI=1S/C47H29N3/c1-4-15-30(16-5-1)40-29-41(39-25-12-13-28-48-39)50-47(49-40)36-26-27-38-44-35(36)23-14-24-37(44)45-42(31-17-6-2-7-18-31)33-21-10-11-22-34(33)43(46(38)45)32-19-8-3-9-20-32/h1-29H. The molecule has 0 unspecified atom stereocenters. The summed E-state index contributed by atoms with van der Waals surface area (Å²) < 4.78 is 0. The van der Waals surface area contributed by atoms with Gasteiger partial charge in [-0.15, -0.1) is 0 Å². The van der Waals surface area contributed by atoms with Crippen LogP contribution in [0, 0.1) is 0 Å². The summed E-state index contributed by atoms with van der Waals surface area (Å²) in [7, 11) is 0. The monoisotopic (exact) mass is 635 g/mol. The number of fused-ring (bicyclic) bond motifs is 4. The van der Waals surface area contributed by atoms with Gasteiger partial charge >= 0.3 is 0 Å². The zero-order chi connectivity index (χ0) is 33.0. The van der Waals surface area contributed by atoms with Gasteiger partial charge < -0.3 is 0 Å². The van der Waals surface area contributed by atoms with Crippen molar-refractivity contribution in [3.8, 4) is 78.5 Å². The number of aromatic nitrogens is 3. The Morgan fingerprint density at radius 2 is 0.840 bits per heavy atom. The van der Waals surface area contributed by atoms with Crippen LogP contribution in [-0.4, -0.2) is 15.0 Å². The summed E-state index contributed by atoms with van der Waals surface area (Å²) in [6.07, 6.45) is 1.81. The van der Waals surface area contributed by atoms with E-state index in [1.165, 1.54) is 60.7 Å². The van der Waals surface area contributed by atoms with Crippen LogP contribution >= 0.6 is 0 Å². The Balaban J connectivity index is 1.30. The van der Waals surface area contributed by atoms with Crippen molar-refractivity contribution in [3.05, 3.63) is 176 Å². The van der Waals surface area contributed by atoms with Crippen molar-refractivity contribution >= 4 is 21.5 Å². The summed E-state index contributed by atoms with van der Waals surface area (Å²) in [5.41, 5.74) is 14.5. The normalized spacial score (nSPS) is 11.6. The van der Waals surface area contributed by atoms with Crippen LogP contribution in [0.25, 0.3) is 100 Å². The van der Waals surface area contributed by atoms with E-state index in [4.69, 9.17) is 9.97 Å². The fourth-order valence-corrected chi connectivity index (χ4v) is 7.77. The first-order valence-corrected chi connectivity index (χ1v) is 17.0. The molecule has 2 aromatic heterocycles. The Morgan fingerprint density at radius 1 is 0.320 bits per heavy atom. The molecule has 0 amide bonds. The summed E-state index contributed by atoms with van der Waals surface area (Å²) in [6, 6.07) is 60.1. The van der Waals surface area contributed by atoms with E-state index in [0.717, 1.165) is 33.6 Å². The van der Waals surface area contributed by atoms with Crippen molar-refractivity contribution in [1.29, 1.82) is 0 Å². The molecule has 1 aliphatic rings. The van der Waals surface area contributed by atoms with Gasteiger partial charge in [-0.3, -0.25) is 4.98 Å². The van der Waals surface area contributed by atoms with E-state index in [2.05, 4.69) is 132 Å². The lowest BCUT2D eigenvalue weighted by Gasteiger charge is -2.20. The van der Waals surface area contributed by atoms with E-state index in [9.17, 15) is 0 Å². The van der Waals surface area contributed by atoms with Gasteiger partial charge in [-0.2, -0.15) is 0 Å². The van der Waals surface area contributed by atoms with E-state index < -0.39 is 0 Å². The molecule has 7 aromatic carbocycles. The van der Waals surface area contributed by atoms with Gasteiger partial charge in [0, 0.05) is 17.3 Å². The highest BCUT2D eigenvalue weighted by Crippen LogP contribution is 2.58. The maximum Gasteiger partial charge on any atom is 0.161 e. The first-order valence-electron chi connectivity index (χ1n) is 17.0. The Hall–Kier alpha value is -6.71. The molecule has 3 nitrogen and oxygen atoms in total. The Labute approximate surface area is 290 Å². The largest absolute Gasteiger partial charge is 0.255 e. The minimum absolute atomic E-state index is 0.684. The van der Waals surface area contributed by atoms with Crippen LogP contribution in [-0.2, 0) is 0 Å². The fraction of sp³-hybridized carbons (Fsp3) is 0. The first kappa shape index (κ1) is 28.3. The van der Waals surface area contributed by atoms with Gasteiger partial charge in [0.05, 0.1) is 17.1 Å². The predicted octanol–water partition coefficient (Wildman–Crippen LogP) is 12.2. The van der Waals surface area contributed by atoms with Crippen molar-refractivity contribution in [1.82, 2.24) is 15.0 Å². The minimum atomic E-state index is 0.684. The third kappa shape index (κ3) is 4.41. The van der Waals surface area contributed by atoms with Crippen LogP contribution in [0.1, 0.15) is 0 Å². The molecule has 10 rings (SSSR count). The van der Waals surface area contributed by atoms with Crippen LogP contribution in [0.2, 0.25) is 0 Å². The summed E-state index contributed by atoms with van der Waals surface area (Å²) in [4.78, 5) is 15.1. The summed E-state index contributed by atoms with van der Waals surface area (Å²) in [5, 5.41) is 4.87. The zero-order valence-electron chi connectivity index (χ0n) is 27.1. The third-order valence-electron chi connectivity index (χ3n) is 9.88. The highest BCUT2D eigenvalue weighted by atomic mass is 14.9. The quantitative estimate of drug-likeness (QED) is 0.189. The predicted molar refractivity (Wildman–Crippen MR) is 206 cm³/mol. The van der Waals surface area contributed by atoms with E-state index >= 15 is 0 Å². The molecule has 9 aromatic rings. The summed E-state index contributed by atoms with van der Waals surface area (Å²) >= 11 is 0. The number of hydrogen-bond donors (Lipinski definition) is 0. The second-order valence-electron chi connectivity index (χ2n) is 12.7. The molecule has 0 spiro atoms. The molecule has 232 valence electrons. The second-order valence-corrected chi connectivity index (χ2v) is 12.7. The molecule has 0 radical (unpaired) electrons. The SMILES string of the molecule is c1ccc(-c2cc(-c3ccccn3)nc(-c3ccc4c5c(cccc35)-c3c-4c(-c4ccccc4)c4ccccc4c3-c3ccccc3)n2)cc1. The van der Waals surface area contributed by atoms with E-state index in [-0.39, 0.29) is 0 Å². The van der Waals surface area contributed by atoms with Crippen molar-refractivity contribution in [2.75, 3.05) is 0 Å². The molecule has 0 atom stereocenters. The molecule has 50 heavy (non-hydrogen) atoms. The summed E-state index contributed by atoms with van der Waals surface area (Å²) in [5.74, 6) is 0.684. The van der Waals surface area contributed by atoms with Crippen LogP contribution in [0.5, 0.6) is 0 Å². The highest BCUT2D eigenvalue weighted by Gasteiger charge is 2.31. The third-order valence-corrected chi connectivity index (χ3v) is 9.88. The van der Waals surface area contributed by atoms with Gasteiger partial charge in [-0.1, -0.05) is 146 Å². The smallest absolute Gasteiger partial charge is 0.161 e. The molecule has 1 aliphatic carbocycles. The number of nitrogens with zero attached hydrogens (tertiary/aromatic N) is 3. The van der Waals surface area contributed by atoms with Gasteiger partial charge in [0.25, 0.3) is 0 Å². The maximum atomic E-state index is 5.21. The van der Waals surface area contributed by atoms with E-state index in [0.29, 0.717) is 5.82 Å². The van der Waals surface area contributed by atoms with Gasteiger partial charge in [0.15, 0.2) is 5.82 Å². The molecular weight excluding hydrogens is 607 g/mol. The Bertz CT molecular complexity index is 2570. The van der Waals surface area contributed by atoms with Crippen LogP contribution in [0.3, 0.4) is 0 Å². The lowest BCUT2D eigenvalue weighted by molar-refractivity contribution is 1.17. The van der Waals surface area contributed by atoms with Crippen molar-refractivity contribution in [3.63, 3.8) is 0 Å². The van der Waals surface area contributed by atoms with Crippen LogP contribution in [0.4, 0.5) is 0 Å². The van der Waals surface area contributed by atoms with Gasteiger partial charge in [0.2, 0.25) is 0 Å². The summed E-state index contributed by atoms with van der Waals surface area (Å²) in [6.45, 7) is 0. The Morgan fingerprint density at radius 3 is 1.46 bits per heavy atom. The maximum absolute atomic E-state index is 5.21. The number of pyridine rings is 1. The fourth-order valence-electron chi connectivity index (χ4n) is 7.77. The van der Waals surface area contributed by atoms with E-state index in [1.54, 1.807) is 0 Å². The molecule has 3 heteroatoms. The molecule has 0 aliphatic heterocycles. The second kappa shape index (κ2) is 11.5. The van der Waals surface area contributed by atoms with Crippen molar-refractivity contribution < 1.29 is 0 Å². The molecule has 0 bridgehead atoms. The minimum Gasteiger partial charge on any atom is -0.255 e. The topological polar surface area (TPSA) is 38.7 Å². The number of hydrogen-bond acceptors (Lipinski definition) is 3.